The molecule has 2 aromatic carbocycles. The number of aliphatic hydroxyl groups excluding tert-OH is 1. The van der Waals surface area contributed by atoms with Crippen molar-refractivity contribution >= 4 is 5.97 Å². The minimum absolute atomic E-state index is 0.00887. The Morgan fingerprint density at radius 3 is 2.68 bits per heavy atom. The van der Waals surface area contributed by atoms with Crippen molar-refractivity contribution in [1.82, 2.24) is 0 Å². The van der Waals surface area contributed by atoms with Crippen molar-refractivity contribution in [2.75, 3.05) is 13.4 Å². The summed E-state index contributed by atoms with van der Waals surface area (Å²) in [5, 5.41) is 9.18. The van der Waals surface area contributed by atoms with Crippen molar-refractivity contribution in [1.29, 1.82) is 0 Å². The van der Waals surface area contributed by atoms with Gasteiger partial charge in [-0.3, -0.25) is 0 Å². The summed E-state index contributed by atoms with van der Waals surface area (Å²) < 4.78 is 27.8. The van der Waals surface area contributed by atoms with Crippen LogP contribution in [-0.2, 0) is 32.2 Å². The van der Waals surface area contributed by atoms with Gasteiger partial charge < -0.3 is 28.8 Å². The highest BCUT2D eigenvalue weighted by molar-refractivity contribution is 5.86. The normalized spacial score (nSPS) is 19.3. The summed E-state index contributed by atoms with van der Waals surface area (Å²) >= 11 is 0. The van der Waals surface area contributed by atoms with Crippen LogP contribution in [0.3, 0.4) is 0 Å². The first kappa shape index (κ1) is 21.0. The second-order valence-electron chi connectivity index (χ2n) is 7.21. The van der Waals surface area contributed by atoms with Gasteiger partial charge in [0.05, 0.1) is 13.2 Å². The van der Waals surface area contributed by atoms with E-state index in [4.69, 9.17) is 23.7 Å². The van der Waals surface area contributed by atoms with E-state index >= 15 is 0 Å². The summed E-state index contributed by atoms with van der Waals surface area (Å²) in [4.78, 5) is 12.4. The molecule has 1 unspecified atom stereocenters. The predicted molar refractivity (Wildman–Crippen MR) is 111 cm³/mol. The number of rotatable bonds is 8. The maximum Gasteiger partial charge on any atom is 0.373 e. The van der Waals surface area contributed by atoms with Crippen molar-refractivity contribution in [2.24, 2.45) is 0 Å². The first-order valence-corrected chi connectivity index (χ1v) is 10.0. The number of carbonyl (C=O) groups excluding carboxylic acids is 1. The van der Waals surface area contributed by atoms with Crippen LogP contribution in [0.4, 0.5) is 0 Å². The molecule has 2 heterocycles. The molecular formula is C24H24O7. The van der Waals surface area contributed by atoms with Crippen molar-refractivity contribution in [3.8, 4) is 11.5 Å². The minimum Gasteiger partial charge on any atom is -0.458 e. The standard InChI is InChI=1S/C24H24O7/c1-2-9-27-24(26)22-11-19(18-7-8-20-21(10-18)30-15-29-20)12-23(31-22)28-14-17-5-3-16(13-25)4-6-17/h2-8,10-11,19,23,25H,1,9,12-15H2/t19-,23?/m0/s1. The number of esters is 1. The number of hydrogen-bond acceptors (Lipinski definition) is 7. The molecule has 162 valence electrons. The predicted octanol–water partition coefficient (Wildman–Crippen LogP) is 3.57. The van der Waals surface area contributed by atoms with Crippen LogP contribution in [0.25, 0.3) is 0 Å². The van der Waals surface area contributed by atoms with Crippen LogP contribution >= 0.6 is 0 Å². The van der Waals surface area contributed by atoms with Gasteiger partial charge in [0.15, 0.2) is 11.5 Å². The summed E-state index contributed by atoms with van der Waals surface area (Å²) in [7, 11) is 0. The molecule has 0 aliphatic carbocycles. The summed E-state index contributed by atoms with van der Waals surface area (Å²) in [6, 6.07) is 13.2. The van der Waals surface area contributed by atoms with Crippen LogP contribution in [-0.4, -0.2) is 30.8 Å². The van der Waals surface area contributed by atoms with Gasteiger partial charge in [0, 0.05) is 12.3 Å². The fourth-order valence-corrected chi connectivity index (χ4v) is 3.42. The number of aliphatic hydroxyl groups is 1. The summed E-state index contributed by atoms with van der Waals surface area (Å²) in [6.07, 6.45) is 3.13. The third-order valence-corrected chi connectivity index (χ3v) is 5.06. The van der Waals surface area contributed by atoms with E-state index < -0.39 is 12.3 Å². The van der Waals surface area contributed by atoms with Crippen molar-refractivity contribution in [2.45, 2.75) is 31.8 Å². The monoisotopic (exact) mass is 424 g/mol. The lowest BCUT2D eigenvalue weighted by Gasteiger charge is -2.29. The van der Waals surface area contributed by atoms with E-state index in [1.54, 1.807) is 6.08 Å². The van der Waals surface area contributed by atoms with E-state index in [0.717, 1.165) is 16.7 Å². The Kier molecular flexibility index (Phi) is 6.54. The zero-order valence-electron chi connectivity index (χ0n) is 17.0. The fraction of sp³-hybridized carbons (Fsp3) is 0.292. The molecule has 0 amide bonds. The van der Waals surface area contributed by atoms with E-state index in [1.807, 2.05) is 42.5 Å². The highest BCUT2D eigenvalue weighted by atomic mass is 16.7. The molecule has 0 aromatic heterocycles. The molecule has 7 heteroatoms. The van der Waals surface area contributed by atoms with Crippen LogP contribution in [0.2, 0.25) is 0 Å². The molecule has 0 fully saturated rings. The van der Waals surface area contributed by atoms with E-state index in [1.165, 1.54) is 6.08 Å². The van der Waals surface area contributed by atoms with Crippen LogP contribution in [0.5, 0.6) is 11.5 Å². The maximum atomic E-state index is 12.4. The molecule has 0 saturated carbocycles. The lowest BCUT2D eigenvalue weighted by molar-refractivity contribution is -0.163. The second kappa shape index (κ2) is 9.68. The number of allylic oxidation sites excluding steroid dienone is 1. The molecule has 4 rings (SSSR count). The number of fused-ring (bicyclic) bond motifs is 1. The van der Waals surface area contributed by atoms with Crippen LogP contribution in [0.15, 0.2) is 67.0 Å². The molecule has 0 bridgehead atoms. The molecule has 1 N–H and O–H groups in total. The Morgan fingerprint density at radius 2 is 1.90 bits per heavy atom. The van der Waals surface area contributed by atoms with Gasteiger partial charge in [-0.2, -0.15) is 0 Å². The topological polar surface area (TPSA) is 83.5 Å². The number of carbonyl (C=O) groups is 1. The molecule has 2 aliphatic heterocycles. The minimum atomic E-state index is -0.635. The van der Waals surface area contributed by atoms with E-state index in [9.17, 15) is 9.90 Å². The van der Waals surface area contributed by atoms with Gasteiger partial charge in [0.25, 0.3) is 0 Å². The Morgan fingerprint density at radius 1 is 1.13 bits per heavy atom. The maximum absolute atomic E-state index is 12.4. The first-order valence-electron chi connectivity index (χ1n) is 10.0. The largest absolute Gasteiger partial charge is 0.458 e. The lowest BCUT2D eigenvalue weighted by Crippen LogP contribution is -2.27. The fourth-order valence-electron chi connectivity index (χ4n) is 3.42. The van der Waals surface area contributed by atoms with E-state index in [2.05, 4.69) is 6.58 Å². The van der Waals surface area contributed by atoms with Gasteiger partial charge in [0.2, 0.25) is 18.8 Å². The summed E-state index contributed by atoms with van der Waals surface area (Å²) in [6.45, 7) is 4.15. The summed E-state index contributed by atoms with van der Waals surface area (Å²) in [5.74, 6) is 0.790. The molecule has 0 radical (unpaired) electrons. The SMILES string of the molecule is C=CCOC(=O)C1=C[C@H](c2ccc3c(c2)OCO3)CC(OCc2ccc(CO)cc2)O1. The number of hydrogen-bond donors (Lipinski definition) is 1. The zero-order valence-corrected chi connectivity index (χ0v) is 17.0. The van der Waals surface area contributed by atoms with Gasteiger partial charge in [0.1, 0.15) is 6.61 Å². The highest BCUT2D eigenvalue weighted by Gasteiger charge is 2.30. The smallest absolute Gasteiger partial charge is 0.373 e. The van der Waals surface area contributed by atoms with Crippen molar-refractivity contribution in [3.63, 3.8) is 0 Å². The van der Waals surface area contributed by atoms with E-state index in [-0.39, 0.29) is 31.7 Å². The molecule has 2 atom stereocenters. The van der Waals surface area contributed by atoms with Gasteiger partial charge in [-0.1, -0.05) is 43.0 Å². The molecule has 0 spiro atoms. The van der Waals surface area contributed by atoms with Gasteiger partial charge in [-0.15, -0.1) is 0 Å². The molecule has 0 saturated heterocycles. The first-order chi connectivity index (χ1) is 15.2. The molecule has 7 nitrogen and oxygen atoms in total. The van der Waals surface area contributed by atoms with Gasteiger partial charge in [-0.25, -0.2) is 4.79 Å². The van der Waals surface area contributed by atoms with Crippen LogP contribution < -0.4 is 9.47 Å². The van der Waals surface area contributed by atoms with Crippen molar-refractivity contribution < 1.29 is 33.6 Å². The average Bonchev–Trinajstić information content (AvgIpc) is 3.29. The highest BCUT2D eigenvalue weighted by Crippen LogP contribution is 2.38. The van der Waals surface area contributed by atoms with Crippen molar-refractivity contribution in [3.05, 3.63) is 83.6 Å². The second-order valence-corrected chi connectivity index (χ2v) is 7.21. The Balaban J connectivity index is 1.50. The van der Waals surface area contributed by atoms with Gasteiger partial charge >= 0.3 is 5.97 Å². The third kappa shape index (κ3) is 5.07. The van der Waals surface area contributed by atoms with Crippen LogP contribution in [0.1, 0.15) is 29.0 Å². The molecular weight excluding hydrogens is 400 g/mol. The van der Waals surface area contributed by atoms with Gasteiger partial charge in [-0.05, 0) is 34.9 Å². The number of benzene rings is 2. The Labute approximate surface area is 180 Å². The number of ether oxygens (including phenoxy) is 5. The molecule has 2 aromatic rings. The Hall–Kier alpha value is -3.29. The van der Waals surface area contributed by atoms with E-state index in [0.29, 0.717) is 24.5 Å². The average molecular weight is 424 g/mol. The zero-order chi connectivity index (χ0) is 21.6. The third-order valence-electron chi connectivity index (χ3n) is 5.06. The Bertz CT molecular complexity index is 964. The lowest BCUT2D eigenvalue weighted by atomic mass is 9.92. The quantitative estimate of drug-likeness (QED) is 0.512. The molecule has 2 aliphatic rings. The molecule has 31 heavy (non-hydrogen) atoms. The van der Waals surface area contributed by atoms with Crippen LogP contribution in [0, 0.1) is 0 Å². The summed E-state index contributed by atoms with van der Waals surface area (Å²) in [5.41, 5.74) is 2.73.